The van der Waals surface area contributed by atoms with Crippen molar-refractivity contribution in [3.05, 3.63) is 0 Å². The standard InChI is InChI=1S/C13H24N6/c1-5-6-10-7-8-19(9-10)13-16-11(14-2)15-12(17-13)18(3)4/h10H,5-9H2,1-4H3,(H,14,15,16,17). The molecular formula is C13H24N6. The van der Waals surface area contributed by atoms with Gasteiger partial charge >= 0.3 is 0 Å². The summed E-state index contributed by atoms with van der Waals surface area (Å²) in [6, 6.07) is 0. The summed E-state index contributed by atoms with van der Waals surface area (Å²) in [5.41, 5.74) is 0. The molecule has 0 spiro atoms. The fraction of sp³-hybridized carbons (Fsp3) is 0.769. The maximum Gasteiger partial charge on any atom is 0.231 e. The first kappa shape index (κ1) is 13.8. The number of rotatable bonds is 5. The van der Waals surface area contributed by atoms with Crippen LogP contribution in [-0.2, 0) is 0 Å². The Kier molecular flexibility index (Phi) is 4.39. The number of nitrogens with one attached hydrogen (secondary N) is 1. The lowest BCUT2D eigenvalue weighted by Gasteiger charge is -2.19. The molecule has 19 heavy (non-hydrogen) atoms. The zero-order valence-electron chi connectivity index (χ0n) is 12.3. The topological polar surface area (TPSA) is 57.2 Å². The van der Waals surface area contributed by atoms with Gasteiger partial charge < -0.3 is 15.1 Å². The molecule has 2 rings (SSSR count). The van der Waals surface area contributed by atoms with Gasteiger partial charge in [-0.2, -0.15) is 15.0 Å². The van der Waals surface area contributed by atoms with Crippen molar-refractivity contribution in [3.63, 3.8) is 0 Å². The molecule has 1 aliphatic rings. The molecule has 1 fully saturated rings. The smallest absolute Gasteiger partial charge is 0.231 e. The van der Waals surface area contributed by atoms with Crippen LogP contribution in [0.3, 0.4) is 0 Å². The Hall–Kier alpha value is -1.59. The fourth-order valence-electron chi connectivity index (χ4n) is 2.47. The van der Waals surface area contributed by atoms with Crippen LogP contribution >= 0.6 is 0 Å². The van der Waals surface area contributed by atoms with Gasteiger partial charge in [-0.1, -0.05) is 13.3 Å². The van der Waals surface area contributed by atoms with E-state index < -0.39 is 0 Å². The van der Waals surface area contributed by atoms with Gasteiger partial charge in [-0.15, -0.1) is 0 Å². The number of aromatic nitrogens is 3. The normalized spacial score (nSPS) is 18.7. The zero-order chi connectivity index (χ0) is 13.8. The second-order valence-corrected chi connectivity index (χ2v) is 5.29. The Morgan fingerprint density at radius 1 is 1.32 bits per heavy atom. The van der Waals surface area contributed by atoms with Crippen molar-refractivity contribution in [3.8, 4) is 0 Å². The van der Waals surface area contributed by atoms with E-state index in [4.69, 9.17) is 0 Å². The molecule has 6 nitrogen and oxygen atoms in total. The molecule has 0 saturated carbocycles. The number of hydrogen-bond acceptors (Lipinski definition) is 6. The van der Waals surface area contributed by atoms with Gasteiger partial charge in [-0.25, -0.2) is 0 Å². The van der Waals surface area contributed by atoms with E-state index in [2.05, 4.69) is 32.1 Å². The highest BCUT2D eigenvalue weighted by Gasteiger charge is 2.24. The number of hydrogen-bond donors (Lipinski definition) is 1. The molecule has 0 amide bonds. The molecule has 0 bridgehead atoms. The first-order valence-corrected chi connectivity index (χ1v) is 7.00. The molecular weight excluding hydrogens is 240 g/mol. The summed E-state index contributed by atoms with van der Waals surface area (Å²) in [7, 11) is 5.73. The molecule has 1 unspecified atom stereocenters. The molecule has 1 aliphatic heterocycles. The molecule has 1 saturated heterocycles. The van der Waals surface area contributed by atoms with Crippen molar-refractivity contribution in [2.45, 2.75) is 26.2 Å². The second kappa shape index (κ2) is 6.04. The van der Waals surface area contributed by atoms with Crippen molar-refractivity contribution in [1.82, 2.24) is 15.0 Å². The van der Waals surface area contributed by atoms with Crippen LogP contribution in [0.2, 0.25) is 0 Å². The molecule has 1 N–H and O–H groups in total. The third kappa shape index (κ3) is 3.24. The van der Waals surface area contributed by atoms with Gasteiger partial charge in [-0.3, -0.25) is 0 Å². The molecule has 0 radical (unpaired) electrons. The van der Waals surface area contributed by atoms with Crippen molar-refractivity contribution in [2.75, 3.05) is 49.3 Å². The Balaban J connectivity index is 2.17. The van der Waals surface area contributed by atoms with Crippen LogP contribution in [0.1, 0.15) is 26.2 Å². The van der Waals surface area contributed by atoms with E-state index in [1.807, 2.05) is 26.0 Å². The fourth-order valence-corrected chi connectivity index (χ4v) is 2.47. The predicted molar refractivity (Wildman–Crippen MR) is 78.9 cm³/mol. The quantitative estimate of drug-likeness (QED) is 0.872. The summed E-state index contributed by atoms with van der Waals surface area (Å²) >= 11 is 0. The molecule has 2 heterocycles. The Bertz CT molecular complexity index is 420. The number of anilines is 3. The summed E-state index contributed by atoms with van der Waals surface area (Å²) in [6.45, 7) is 4.35. The summed E-state index contributed by atoms with van der Waals surface area (Å²) in [4.78, 5) is 17.5. The van der Waals surface area contributed by atoms with Gasteiger partial charge in [0.05, 0.1) is 0 Å². The maximum atomic E-state index is 4.55. The lowest BCUT2D eigenvalue weighted by molar-refractivity contribution is 0.529. The SMILES string of the molecule is CCCC1CCN(c2nc(NC)nc(N(C)C)n2)C1. The average Bonchev–Trinajstić information content (AvgIpc) is 2.87. The van der Waals surface area contributed by atoms with Crippen molar-refractivity contribution in [2.24, 2.45) is 5.92 Å². The molecule has 106 valence electrons. The highest BCUT2D eigenvalue weighted by molar-refractivity contribution is 5.44. The lowest BCUT2D eigenvalue weighted by atomic mass is 10.0. The van der Waals surface area contributed by atoms with Gasteiger partial charge in [0, 0.05) is 34.2 Å². The molecule has 1 atom stereocenters. The summed E-state index contributed by atoms with van der Waals surface area (Å²) in [5, 5.41) is 3.01. The lowest BCUT2D eigenvalue weighted by Crippen LogP contribution is -2.24. The molecule has 1 aromatic heterocycles. The third-order valence-electron chi connectivity index (χ3n) is 3.50. The molecule has 1 aromatic rings. The maximum absolute atomic E-state index is 4.55. The highest BCUT2D eigenvalue weighted by Crippen LogP contribution is 2.25. The van der Waals surface area contributed by atoms with E-state index in [0.717, 1.165) is 25.0 Å². The van der Waals surface area contributed by atoms with Gasteiger partial charge in [0.15, 0.2) is 0 Å². The second-order valence-electron chi connectivity index (χ2n) is 5.29. The van der Waals surface area contributed by atoms with Crippen LogP contribution in [0.15, 0.2) is 0 Å². The largest absolute Gasteiger partial charge is 0.357 e. The van der Waals surface area contributed by atoms with Gasteiger partial charge in [-0.05, 0) is 18.8 Å². The summed E-state index contributed by atoms with van der Waals surface area (Å²) in [6.07, 6.45) is 3.78. The van der Waals surface area contributed by atoms with Gasteiger partial charge in [0.25, 0.3) is 0 Å². The minimum Gasteiger partial charge on any atom is -0.357 e. The van der Waals surface area contributed by atoms with Gasteiger partial charge in [0.2, 0.25) is 17.8 Å². The number of nitrogens with zero attached hydrogens (tertiary/aromatic N) is 5. The minimum atomic E-state index is 0.632. The monoisotopic (exact) mass is 264 g/mol. The third-order valence-corrected chi connectivity index (χ3v) is 3.50. The van der Waals surface area contributed by atoms with Crippen molar-refractivity contribution in [1.29, 1.82) is 0 Å². The Labute approximate surface area is 115 Å². The van der Waals surface area contributed by atoms with Crippen LogP contribution in [0.25, 0.3) is 0 Å². The van der Waals surface area contributed by atoms with E-state index in [-0.39, 0.29) is 0 Å². The first-order valence-electron chi connectivity index (χ1n) is 7.00. The predicted octanol–water partition coefficient (Wildman–Crippen LogP) is 1.61. The van der Waals surface area contributed by atoms with Crippen LogP contribution in [-0.4, -0.2) is 49.2 Å². The van der Waals surface area contributed by atoms with Crippen LogP contribution in [0, 0.1) is 5.92 Å². The van der Waals surface area contributed by atoms with Gasteiger partial charge in [0.1, 0.15) is 0 Å². The first-order chi connectivity index (χ1) is 9.13. The molecule has 6 heteroatoms. The van der Waals surface area contributed by atoms with Crippen LogP contribution < -0.4 is 15.1 Å². The molecule has 0 aromatic carbocycles. The Morgan fingerprint density at radius 3 is 2.74 bits per heavy atom. The van der Waals surface area contributed by atoms with E-state index in [1.54, 1.807) is 0 Å². The van der Waals surface area contributed by atoms with Crippen LogP contribution in [0.4, 0.5) is 17.8 Å². The highest BCUT2D eigenvalue weighted by atomic mass is 15.4. The van der Waals surface area contributed by atoms with E-state index in [9.17, 15) is 0 Å². The van der Waals surface area contributed by atoms with Crippen LogP contribution in [0.5, 0.6) is 0 Å². The average molecular weight is 264 g/mol. The summed E-state index contributed by atoms with van der Waals surface area (Å²) < 4.78 is 0. The van der Waals surface area contributed by atoms with E-state index >= 15 is 0 Å². The van der Waals surface area contributed by atoms with E-state index in [0.29, 0.717) is 11.9 Å². The zero-order valence-corrected chi connectivity index (χ0v) is 12.3. The van der Waals surface area contributed by atoms with Crippen molar-refractivity contribution < 1.29 is 0 Å². The Morgan fingerprint density at radius 2 is 2.11 bits per heavy atom. The van der Waals surface area contributed by atoms with Crippen molar-refractivity contribution >= 4 is 17.8 Å². The molecule has 0 aliphatic carbocycles. The van der Waals surface area contributed by atoms with E-state index in [1.165, 1.54) is 19.3 Å². The minimum absolute atomic E-state index is 0.632. The summed E-state index contributed by atoms with van der Waals surface area (Å²) in [5.74, 6) is 2.91.